The van der Waals surface area contributed by atoms with E-state index in [2.05, 4.69) is 13.8 Å². The van der Waals surface area contributed by atoms with Crippen LogP contribution in [0.2, 0.25) is 0 Å². The lowest BCUT2D eigenvalue weighted by atomic mass is 9.79. The van der Waals surface area contributed by atoms with Crippen molar-refractivity contribution in [2.24, 2.45) is 17.6 Å². The van der Waals surface area contributed by atoms with Crippen LogP contribution in [-0.2, 0) is 4.74 Å². The molecular formula is C11H21NO. The first-order chi connectivity index (χ1) is 6.22. The predicted octanol–water partition coefficient (Wildman–Crippen LogP) is 1.93. The number of ether oxygens (including phenoxy) is 1. The highest BCUT2D eigenvalue weighted by Gasteiger charge is 2.44. The van der Waals surface area contributed by atoms with E-state index in [0.717, 1.165) is 0 Å². The van der Waals surface area contributed by atoms with E-state index in [-0.39, 0.29) is 0 Å². The minimum atomic E-state index is 0.361. The molecule has 0 spiro atoms. The molecule has 0 aliphatic carbocycles. The summed E-state index contributed by atoms with van der Waals surface area (Å²) in [5.74, 6) is 1.29. The van der Waals surface area contributed by atoms with Gasteiger partial charge >= 0.3 is 0 Å². The summed E-state index contributed by atoms with van der Waals surface area (Å²) in [5, 5.41) is 0. The fourth-order valence-electron chi connectivity index (χ4n) is 2.78. The van der Waals surface area contributed by atoms with Gasteiger partial charge in [-0.25, -0.2) is 0 Å². The molecule has 2 heteroatoms. The normalized spacial score (nSPS) is 42.2. The first kappa shape index (κ1) is 9.47. The molecule has 5 unspecified atom stereocenters. The highest BCUT2D eigenvalue weighted by atomic mass is 16.5. The molecule has 2 N–H and O–H groups in total. The van der Waals surface area contributed by atoms with Crippen LogP contribution in [0.25, 0.3) is 0 Å². The van der Waals surface area contributed by atoms with Gasteiger partial charge in [0, 0.05) is 12.0 Å². The summed E-state index contributed by atoms with van der Waals surface area (Å²) in [4.78, 5) is 0. The first-order valence-electron chi connectivity index (χ1n) is 5.63. The van der Waals surface area contributed by atoms with Crippen molar-refractivity contribution in [2.75, 3.05) is 0 Å². The molecule has 2 nitrogen and oxygen atoms in total. The minimum Gasteiger partial charge on any atom is -0.375 e. The van der Waals surface area contributed by atoms with Crippen molar-refractivity contribution in [2.45, 2.75) is 57.8 Å². The second-order valence-corrected chi connectivity index (χ2v) is 4.74. The molecule has 0 aromatic heterocycles. The van der Waals surface area contributed by atoms with Gasteiger partial charge in [-0.1, -0.05) is 20.3 Å². The Hall–Kier alpha value is -0.0800. The molecule has 2 aliphatic heterocycles. The zero-order chi connectivity index (χ0) is 9.42. The average molecular weight is 183 g/mol. The molecule has 5 atom stereocenters. The highest BCUT2D eigenvalue weighted by molar-refractivity contribution is 4.95. The van der Waals surface area contributed by atoms with Crippen LogP contribution in [0.5, 0.6) is 0 Å². The van der Waals surface area contributed by atoms with Crippen molar-refractivity contribution in [3.63, 3.8) is 0 Å². The lowest BCUT2D eigenvalue weighted by Crippen LogP contribution is -2.40. The molecule has 76 valence electrons. The first-order valence-corrected chi connectivity index (χ1v) is 5.63. The standard InChI is InChI=1S/C11H21NO/c1-3-7(2)11(12)9-6-8-4-5-10(9)13-8/h7-11H,3-6,12H2,1-2H3. The highest BCUT2D eigenvalue weighted by Crippen LogP contribution is 2.41. The van der Waals surface area contributed by atoms with Gasteiger partial charge in [-0.15, -0.1) is 0 Å². The maximum absolute atomic E-state index is 6.24. The summed E-state index contributed by atoms with van der Waals surface area (Å²) < 4.78 is 5.82. The van der Waals surface area contributed by atoms with Crippen molar-refractivity contribution in [3.05, 3.63) is 0 Å². The van der Waals surface area contributed by atoms with Gasteiger partial charge in [-0.05, 0) is 25.2 Å². The van der Waals surface area contributed by atoms with Gasteiger partial charge in [0.05, 0.1) is 12.2 Å². The van der Waals surface area contributed by atoms with Gasteiger partial charge in [0.25, 0.3) is 0 Å². The Morgan fingerprint density at radius 2 is 2.23 bits per heavy atom. The summed E-state index contributed by atoms with van der Waals surface area (Å²) in [5.41, 5.74) is 6.24. The number of rotatable bonds is 3. The maximum atomic E-state index is 6.24. The Morgan fingerprint density at radius 1 is 1.46 bits per heavy atom. The van der Waals surface area contributed by atoms with Crippen LogP contribution in [0.1, 0.15) is 39.5 Å². The molecule has 0 aromatic rings. The summed E-state index contributed by atoms with van der Waals surface area (Å²) in [6.45, 7) is 4.48. The van der Waals surface area contributed by atoms with E-state index in [1.165, 1.54) is 25.7 Å². The lowest BCUT2D eigenvalue weighted by molar-refractivity contribution is 0.0844. The summed E-state index contributed by atoms with van der Waals surface area (Å²) in [6, 6.07) is 0.361. The Labute approximate surface area is 80.8 Å². The van der Waals surface area contributed by atoms with E-state index in [9.17, 15) is 0 Å². The van der Waals surface area contributed by atoms with E-state index in [1.54, 1.807) is 0 Å². The predicted molar refractivity (Wildman–Crippen MR) is 53.4 cm³/mol. The third-order valence-electron chi connectivity index (χ3n) is 3.95. The van der Waals surface area contributed by atoms with Gasteiger partial charge < -0.3 is 10.5 Å². The molecule has 13 heavy (non-hydrogen) atoms. The Morgan fingerprint density at radius 3 is 2.69 bits per heavy atom. The zero-order valence-electron chi connectivity index (χ0n) is 8.70. The van der Waals surface area contributed by atoms with Crippen molar-refractivity contribution in [1.29, 1.82) is 0 Å². The zero-order valence-corrected chi connectivity index (χ0v) is 8.70. The Kier molecular flexibility index (Phi) is 2.61. The number of fused-ring (bicyclic) bond motifs is 2. The molecule has 0 saturated carbocycles. The summed E-state index contributed by atoms with van der Waals surface area (Å²) in [6.07, 6.45) is 5.97. The molecule has 2 rings (SSSR count). The van der Waals surface area contributed by atoms with Crippen LogP contribution in [0.3, 0.4) is 0 Å². The quantitative estimate of drug-likeness (QED) is 0.725. The second-order valence-electron chi connectivity index (χ2n) is 4.74. The third-order valence-corrected chi connectivity index (χ3v) is 3.95. The monoisotopic (exact) mass is 183 g/mol. The number of hydrogen-bond donors (Lipinski definition) is 1. The molecule has 2 saturated heterocycles. The van der Waals surface area contributed by atoms with E-state index < -0.39 is 0 Å². The molecule has 2 heterocycles. The minimum absolute atomic E-state index is 0.361. The van der Waals surface area contributed by atoms with Crippen molar-refractivity contribution >= 4 is 0 Å². The van der Waals surface area contributed by atoms with Crippen LogP contribution in [-0.4, -0.2) is 18.2 Å². The molecule has 2 fully saturated rings. The van der Waals surface area contributed by atoms with Crippen LogP contribution in [0, 0.1) is 11.8 Å². The topological polar surface area (TPSA) is 35.2 Å². The summed E-state index contributed by atoms with van der Waals surface area (Å²) in [7, 11) is 0. The molecule has 0 amide bonds. The Balaban J connectivity index is 1.94. The maximum Gasteiger partial charge on any atom is 0.0623 e. The molecule has 0 aromatic carbocycles. The van der Waals surface area contributed by atoms with Crippen molar-refractivity contribution in [3.8, 4) is 0 Å². The fourth-order valence-corrected chi connectivity index (χ4v) is 2.78. The second kappa shape index (κ2) is 3.58. The third kappa shape index (κ3) is 1.62. The largest absolute Gasteiger partial charge is 0.375 e. The van der Waals surface area contributed by atoms with Crippen molar-refractivity contribution < 1.29 is 4.74 Å². The average Bonchev–Trinajstić information content (AvgIpc) is 2.76. The van der Waals surface area contributed by atoms with Gasteiger partial charge in [0.1, 0.15) is 0 Å². The molecule has 0 radical (unpaired) electrons. The van der Waals surface area contributed by atoms with Gasteiger partial charge in [-0.2, -0.15) is 0 Å². The smallest absolute Gasteiger partial charge is 0.0623 e. The lowest BCUT2D eigenvalue weighted by Gasteiger charge is -2.29. The van der Waals surface area contributed by atoms with Gasteiger partial charge in [0.15, 0.2) is 0 Å². The number of nitrogens with two attached hydrogens (primary N) is 1. The van der Waals surface area contributed by atoms with E-state index in [0.29, 0.717) is 30.1 Å². The van der Waals surface area contributed by atoms with Crippen LogP contribution >= 0.6 is 0 Å². The van der Waals surface area contributed by atoms with Crippen LogP contribution in [0.4, 0.5) is 0 Å². The SMILES string of the molecule is CCC(C)C(N)C1CC2CCC1O2. The molecule has 2 bridgehead atoms. The van der Waals surface area contributed by atoms with E-state index in [4.69, 9.17) is 10.5 Å². The number of hydrogen-bond acceptors (Lipinski definition) is 2. The van der Waals surface area contributed by atoms with Crippen LogP contribution in [0.15, 0.2) is 0 Å². The Bertz CT molecular complexity index is 183. The van der Waals surface area contributed by atoms with Crippen LogP contribution < -0.4 is 5.73 Å². The van der Waals surface area contributed by atoms with E-state index in [1.807, 2.05) is 0 Å². The molecular weight excluding hydrogens is 162 g/mol. The fraction of sp³-hybridized carbons (Fsp3) is 1.00. The van der Waals surface area contributed by atoms with Crippen molar-refractivity contribution in [1.82, 2.24) is 0 Å². The summed E-state index contributed by atoms with van der Waals surface area (Å²) >= 11 is 0. The van der Waals surface area contributed by atoms with Gasteiger partial charge in [0.2, 0.25) is 0 Å². The van der Waals surface area contributed by atoms with E-state index >= 15 is 0 Å². The van der Waals surface area contributed by atoms with Gasteiger partial charge in [-0.3, -0.25) is 0 Å². The molecule has 2 aliphatic rings.